The second-order valence-corrected chi connectivity index (χ2v) is 5.92. The first-order chi connectivity index (χ1) is 10.1. The Kier molecular flexibility index (Phi) is 5.66. The van der Waals surface area contributed by atoms with Crippen LogP contribution in [0, 0.1) is 0 Å². The van der Waals surface area contributed by atoms with Crippen molar-refractivity contribution in [1.82, 2.24) is 5.32 Å². The fraction of sp³-hybridized carbons (Fsp3) is 0.333. The second-order valence-electron chi connectivity index (χ2n) is 5.52. The first-order valence-corrected chi connectivity index (χ1v) is 7.72. The number of aryl methyl sites for hydroxylation is 1. The van der Waals surface area contributed by atoms with Crippen LogP contribution < -0.4 is 5.32 Å². The zero-order valence-corrected chi connectivity index (χ0v) is 13.3. The van der Waals surface area contributed by atoms with Gasteiger partial charge < -0.3 is 10.4 Å². The van der Waals surface area contributed by atoms with E-state index in [1.54, 1.807) is 12.1 Å². The average molecular weight is 304 g/mol. The molecule has 0 aliphatic heterocycles. The minimum absolute atomic E-state index is 0.230. The summed E-state index contributed by atoms with van der Waals surface area (Å²) in [6.07, 6.45) is 2.03. The summed E-state index contributed by atoms with van der Waals surface area (Å²) in [7, 11) is 0. The van der Waals surface area contributed by atoms with Crippen LogP contribution in [0.25, 0.3) is 0 Å². The maximum atomic E-state index is 9.28. The Balaban J connectivity index is 1.85. The van der Waals surface area contributed by atoms with Gasteiger partial charge in [0, 0.05) is 17.1 Å². The molecule has 21 heavy (non-hydrogen) atoms. The van der Waals surface area contributed by atoms with Crippen LogP contribution in [0.3, 0.4) is 0 Å². The highest BCUT2D eigenvalue weighted by Gasteiger charge is 2.12. The topological polar surface area (TPSA) is 32.3 Å². The van der Waals surface area contributed by atoms with E-state index in [2.05, 4.69) is 25.2 Å². The van der Waals surface area contributed by atoms with Gasteiger partial charge in [-0.2, -0.15) is 0 Å². The van der Waals surface area contributed by atoms with Crippen molar-refractivity contribution in [3.63, 3.8) is 0 Å². The molecule has 112 valence electrons. The molecule has 0 heterocycles. The lowest BCUT2D eigenvalue weighted by Crippen LogP contribution is -2.29. The van der Waals surface area contributed by atoms with E-state index in [1.165, 1.54) is 5.56 Å². The van der Waals surface area contributed by atoms with Gasteiger partial charge in [0.05, 0.1) is 0 Å². The van der Waals surface area contributed by atoms with E-state index in [0.29, 0.717) is 11.8 Å². The van der Waals surface area contributed by atoms with Gasteiger partial charge in [-0.25, -0.2) is 0 Å². The highest BCUT2D eigenvalue weighted by atomic mass is 35.5. The van der Waals surface area contributed by atoms with Crippen molar-refractivity contribution in [2.24, 2.45) is 0 Å². The molecule has 0 amide bonds. The van der Waals surface area contributed by atoms with Crippen LogP contribution in [-0.2, 0) is 6.42 Å². The number of phenolic OH excluding ortho intramolecular Hbond substituents is 1. The summed E-state index contributed by atoms with van der Waals surface area (Å²) in [5, 5.41) is 13.7. The predicted octanol–water partition coefficient (Wildman–Crippen LogP) is 4.72. The molecule has 3 heteroatoms. The van der Waals surface area contributed by atoms with Crippen LogP contribution in [0.1, 0.15) is 37.4 Å². The first-order valence-electron chi connectivity index (χ1n) is 7.34. The molecular formula is C18H22ClNO. The lowest BCUT2D eigenvalue weighted by atomic mass is 10.0. The van der Waals surface area contributed by atoms with Crippen molar-refractivity contribution in [2.45, 2.75) is 38.8 Å². The third-order valence-corrected chi connectivity index (χ3v) is 4.05. The molecule has 0 saturated heterocycles. The molecule has 0 saturated carbocycles. The van der Waals surface area contributed by atoms with E-state index < -0.39 is 0 Å². The van der Waals surface area contributed by atoms with Crippen molar-refractivity contribution in [3.8, 4) is 5.75 Å². The molecular weight excluding hydrogens is 282 g/mol. The molecule has 2 N–H and O–H groups in total. The molecule has 0 radical (unpaired) electrons. The largest absolute Gasteiger partial charge is 0.508 e. The van der Waals surface area contributed by atoms with Gasteiger partial charge >= 0.3 is 0 Å². The summed E-state index contributed by atoms with van der Waals surface area (Å²) in [5.74, 6) is 0.317. The van der Waals surface area contributed by atoms with Crippen LogP contribution in [0.5, 0.6) is 5.75 Å². The van der Waals surface area contributed by atoms with Gasteiger partial charge in [-0.1, -0.05) is 41.9 Å². The van der Waals surface area contributed by atoms with E-state index in [1.807, 2.05) is 30.3 Å². The fourth-order valence-corrected chi connectivity index (χ4v) is 2.77. The van der Waals surface area contributed by atoms with Crippen molar-refractivity contribution in [1.29, 1.82) is 0 Å². The maximum Gasteiger partial charge on any atom is 0.115 e. The molecule has 2 atom stereocenters. The number of benzene rings is 2. The Morgan fingerprint density at radius 3 is 2.38 bits per heavy atom. The quantitative estimate of drug-likeness (QED) is 0.809. The summed E-state index contributed by atoms with van der Waals surface area (Å²) in [4.78, 5) is 0. The number of hydrogen-bond donors (Lipinski definition) is 2. The van der Waals surface area contributed by atoms with Gasteiger partial charge in [-0.3, -0.25) is 0 Å². The van der Waals surface area contributed by atoms with Crippen LogP contribution in [0.15, 0.2) is 48.5 Å². The third-order valence-electron chi connectivity index (χ3n) is 3.71. The monoisotopic (exact) mass is 303 g/mol. The number of phenols is 1. The van der Waals surface area contributed by atoms with E-state index in [0.717, 1.165) is 23.4 Å². The lowest BCUT2D eigenvalue weighted by molar-refractivity contribution is 0.456. The third kappa shape index (κ3) is 4.76. The zero-order valence-electron chi connectivity index (χ0n) is 12.5. The Morgan fingerprint density at radius 1 is 1.05 bits per heavy atom. The van der Waals surface area contributed by atoms with Gasteiger partial charge in [-0.15, -0.1) is 0 Å². The summed E-state index contributed by atoms with van der Waals surface area (Å²) >= 11 is 6.23. The molecule has 2 unspecified atom stereocenters. The Labute approximate surface area is 131 Å². The maximum absolute atomic E-state index is 9.28. The van der Waals surface area contributed by atoms with E-state index >= 15 is 0 Å². The fourth-order valence-electron chi connectivity index (χ4n) is 2.47. The number of rotatable bonds is 6. The van der Waals surface area contributed by atoms with Crippen molar-refractivity contribution < 1.29 is 5.11 Å². The molecule has 2 nitrogen and oxygen atoms in total. The summed E-state index contributed by atoms with van der Waals surface area (Å²) in [6.45, 7) is 4.33. The Bertz CT molecular complexity index is 568. The van der Waals surface area contributed by atoms with E-state index in [-0.39, 0.29) is 6.04 Å². The lowest BCUT2D eigenvalue weighted by Gasteiger charge is -2.21. The van der Waals surface area contributed by atoms with Crippen LogP contribution in [0.2, 0.25) is 5.02 Å². The van der Waals surface area contributed by atoms with Crippen LogP contribution in [-0.4, -0.2) is 11.1 Å². The molecule has 0 aliphatic carbocycles. The average Bonchev–Trinajstić information content (AvgIpc) is 2.47. The predicted molar refractivity (Wildman–Crippen MR) is 88.9 cm³/mol. The summed E-state index contributed by atoms with van der Waals surface area (Å²) < 4.78 is 0. The minimum Gasteiger partial charge on any atom is -0.508 e. The van der Waals surface area contributed by atoms with E-state index in [4.69, 9.17) is 11.6 Å². The SMILES string of the molecule is CC(CCc1ccc(O)cc1)NC(C)c1ccccc1Cl. The molecule has 0 spiro atoms. The van der Waals surface area contributed by atoms with Crippen LogP contribution >= 0.6 is 11.6 Å². The molecule has 2 aromatic rings. The molecule has 0 fully saturated rings. The number of nitrogens with one attached hydrogen (secondary N) is 1. The summed E-state index contributed by atoms with van der Waals surface area (Å²) in [6, 6.07) is 16.0. The molecule has 0 bridgehead atoms. The summed E-state index contributed by atoms with van der Waals surface area (Å²) in [5.41, 5.74) is 2.38. The van der Waals surface area contributed by atoms with Gasteiger partial charge in [-0.05, 0) is 56.0 Å². The van der Waals surface area contributed by atoms with Crippen molar-refractivity contribution in [3.05, 3.63) is 64.7 Å². The minimum atomic E-state index is 0.230. The molecule has 2 aromatic carbocycles. The number of hydrogen-bond acceptors (Lipinski definition) is 2. The van der Waals surface area contributed by atoms with Gasteiger partial charge in [0.2, 0.25) is 0 Å². The first kappa shape index (κ1) is 15.9. The van der Waals surface area contributed by atoms with Crippen molar-refractivity contribution >= 4 is 11.6 Å². The Hall–Kier alpha value is -1.51. The smallest absolute Gasteiger partial charge is 0.115 e. The van der Waals surface area contributed by atoms with Crippen molar-refractivity contribution in [2.75, 3.05) is 0 Å². The van der Waals surface area contributed by atoms with Gasteiger partial charge in [0.25, 0.3) is 0 Å². The van der Waals surface area contributed by atoms with E-state index in [9.17, 15) is 5.11 Å². The number of aromatic hydroxyl groups is 1. The van der Waals surface area contributed by atoms with Crippen LogP contribution in [0.4, 0.5) is 0 Å². The Morgan fingerprint density at radius 2 is 1.71 bits per heavy atom. The highest BCUT2D eigenvalue weighted by molar-refractivity contribution is 6.31. The normalized spacial score (nSPS) is 13.9. The zero-order chi connectivity index (χ0) is 15.2. The standard InChI is InChI=1S/C18H22ClNO/c1-13(7-8-15-9-11-16(21)12-10-15)20-14(2)17-5-3-4-6-18(17)19/h3-6,9-14,20-21H,7-8H2,1-2H3. The van der Waals surface area contributed by atoms with Gasteiger partial charge in [0.15, 0.2) is 0 Å². The molecule has 2 rings (SSSR count). The van der Waals surface area contributed by atoms with Gasteiger partial charge in [0.1, 0.15) is 5.75 Å². The molecule has 0 aliphatic rings. The highest BCUT2D eigenvalue weighted by Crippen LogP contribution is 2.23. The number of halogens is 1. The second kappa shape index (κ2) is 7.48. The molecule has 0 aromatic heterocycles.